The second-order valence-electron chi connectivity index (χ2n) is 12.9. The number of aromatic nitrogens is 2. The number of carbonyl (C=O) groups is 1. The normalized spacial score (nSPS) is 19.0. The number of hydrogen-bond donors (Lipinski definition) is 2. The summed E-state index contributed by atoms with van der Waals surface area (Å²) in [7, 11) is -3.94. The molecule has 8 nitrogen and oxygen atoms in total. The van der Waals surface area contributed by atoms with Crippen LogP contribution in [-0.4, -0.2) is 32.3 Å². The van der Waals surface area contributed by atoms with Gasteiger partial charge in [-0.2, -0.15) is 5.10 Å². The summed E-state index contributed by atoms with van der Waals surface area (Å²) in [6.45, 7) is 2.32. The van der Waals surface area contributed by atoms with E-state index in [1.165, 1.54) is 6.20 Å². The summed E-state index contributed by atoms with van der Waals surface area (Å²) in [5, 5.41) is 7.33. The Labute approximate surface area is 283 Å². The number of urea groups is 1. The minimum absolute atomic E-state index is 0.00937. The summed E-state index contributed by atoms with van der Waals surface area (Å²) in [5.74, 6) is -0.114. The van der Waals surface area contributed by atoms with Gasteiger partial charge in [-0.3, -0.25) is 0 Å². The molecule has 2 aliphatic carbocycles. The van der Waals surface area contributed by atoms with Crippen LogP contribution in [0.3, 0.4) is 0 Å². The number of carbonyl (C=O) groups excluding carboxylic acids is 1. The molecule has 3 aliphatic rings. The predicted octanol–water partition coefficient (Wildman–Crippen LogP) is 7.28. The van der Waals surface area contributed by atoms with Crippen molar-refractivity contribution in [1.82, 2.24) is 14.5 Å². The number of alkyl halides is 1. The molecule has 2 N–H and O–H groups in total. The molecule has 4 aromatic carbocycles. The molecule has 5 aromatic rings. The lowest BCUT2D eigenvalue weighted by molar-refractivity contribution is 0.248. The highest BCUT2D eigenvalue weighted by atomic mass is 32.2. The first-order valence-electron chi connectivity index (χ1n) is 16.5. The van der Waals surface area contributed by atoms with E-state index in [9.17, 15) is 9.18 Å². The van der Waals surface area contributed by atoms with Gasteiger partial charge in [-0.1, -0.05) is 91.0 Å². The van der Waals surface area contributed by atoms with Gasteiger partial charge in [0.1, 0.15) is 28.5 Å². The maximum Gasteiger partial charge on any atom is 0.354 e. The summed E-state index contributed by atoms with van der Waals surface area (Å²) in [4.78, 5) is 14.3. The Kier molecular flexibility index (Phi) is 7.83. The summed E-state index contributed by atoms with van der Waals surface area (Å²) in [6.07, 6.45) is 1.67. The first-order valence-corrected chi connectivity index (χ1v) is 18.0. The zero-order valence-electron chi connectivity index (χ0n) is 26.9. The zero-order valence-corrected chi connectivity index (χ0v) is 27.7. The van der Waals surface area contributed by atoms with Gasteiger partial charge >= 0.3 is 6.03 Å². The van der Waals surface area contributed by atoms with Gasteiger partial charge < -0.3 is 10.1 Å². The lowest BCUT2D eigenvalue weighted by Gasteiger charge is -2.37. The average Bonchev–Trinajstić information content (AvgIpc) is 3.91. The van der Waals surface area contributed by atoms with Crippen LogP contribution in [0, 0.1) is 5.82 Å². The van der Waals surface area contributed by atoms with Crippen LogP contribution in [0.2, 0.25) is 0 Å². The molecule has 1 aromatic heterocycles. The first-order chi connectivity index (χ1) is 23.8. The molecule has 49 heavy (non-hydrogen) atoms. The number of fused-ring (bicyclic) bond motifs is 3. The molecule has 2 heterocycles. The molecule has 1 aliphatic heterocycles. The molecule has 0 spiro atoms. The van der Waals surface area contributed by atoms with Gasteiger partial charge in [0.25, 0.3) is 0 Å². The molecule has 2 unspecified atom stereocenters. The van der Waals surface area contributed by atoms with E-state index < -0.39 is 27.7 Å². The molecule has 0 saturated heterocycles. The third-order valence-corrected chi connectivity index (χ3v) is 11.6. The smallest absolute Gasteiger partial charge is 0.354 e. The van der Waals surface area contributed by atoms with Gasteiger partial charge in [-0.05, 0) is 65.1 Å². The fraction of sp³-hybridized carbons (Fsp3) is 0.263. The maximum atomic E-state index is 15.8. The Morgan fingerprint density at radius 1 is 0.898 bits per heavy atom. The Hall–Kier alpha value is -4.87. The van der Waals surface area contributed by atoms with Crippen LogP contribution in [-0.2, 0) is 47.7 Å². The van der Waals surface area contributed by atoms with E-state index >= 15 is 8.60 Å². The van der Waals surface area contributed by atoms with E-state index in [2.05, 4.69) is 19.5 Å². The minimum Gasteiger partial charge on any atom is -0.472 e. The number of ether oxygens (including phenoxy) is 1. The third-order valence-electron chi connectivity index (χ3n) is 9.72. The largest absolute Gasteiger partial charge is 0.472 e. The van der Waals surface area contributed by atoms with E-state index in [0.29, 0.717) is 47.3 Å². The van der Waals surface area contributed by atoms with Crippen molar-refractivity contribution < 1.29 is 22.5 Å². The Morgan fingerprint density at radius 2 is 1.47 bits per heavy atom. The van der Waals surface area contributed by atoms with Crippen molar-refractivity contribution in [2.45, 2.75) is 68.3 Å². The zero-order chi connectivity index (χ0) is 33.8. The highest BCUT2D eigenvalue weighted by Gasteiger charge is 2.43. The van der Waals surface area contributed by atoms with Gasteiger partial charge in [0.05, 0.1) is 12.7 Å². The lowest BCUT2D eigenvalue weighted by Crippen LogP contribution is -2.48. The summed E-state index contributed by atoms with van der Waals surface area (Å²) in [6, 6.07) is 27.8. The van der Waals surface area contributed by atoms with Crippen LogP contribution < -0.4 is 14.8 Å². The van der Waals surface area contributed by atoms with Gasteiger partial charge in [0, 0.05) is 18.5 Å². The van der Waals surface area contributed by atoms with Crippen LogP contribution in [0.15, 0.2) is 106 Å². The monoisotopic (exact) mass is 679 g/mol. The number of halogens is 2. The van der Waals surface area contributed by atoms with Crippen molar-refractivity contribution in [2.24, 2.45) is 4.36 Å². The highest BCUT2D eigenvalue weighted by Crippen LogP contribution is 2.43. The van der Waals surface area contributed by atoms with Gasteiger partial charge in [0.2, 0.25) is 5.88 Å². The SMILES string of the molecule is CC1Cn2ncc(S(=O)(=NC(=O)Nc3c4c(c(F)c5c3C[C@H](F)C5)CCC4)NC(c3ccccc3)(c3ccccc3)c3ccccc3)c2O1. The number of hydrogen-bond acceptors (Lipinski definition) is 4. The molecule has 0 fully saturated rings. The maximum absolute atomic E-state index is 15.8. The molecular formula is C38H35F2N5O3S. The fourth-order valence-corrected chi connectivity index (χ4v) is 9.48. The first kappa shape index (κ1) is 31.4. The second-order valence-corrected chi connectivity index (χ2v) is 14.8. The molecule has 11 heteroatoms. The standard InChI is InChI=1S/C38H35F2N5O3S/c1-24-23-45-36(48-24)33(22-41-45)49(47,43-37(46)42-35-30-19-11-18-29(30)34(40)31-20-28(39)21-32(31)35)44-38(25-12-5-2-6-13-25,26-14-7-3-8-15-26)27-16-9-4-10-17-27/h2-10,12-17,22,24,28H,11,18-21,23H2,1H3,(H2,42,43,44,46,47)/t24?,28-,49?/m1/s1. The predicted molar refractivity (Wildman–Crippen MR) is 183 cm³/mol. The van der Waals surface area contributed by atoms with Crippen LogP contribution >= 0.6 is 0 Å². The van der Waals surface area contributed by atoms with Crippen LogP contribution in [0.5, 0.6) is 5.88 Å². The number of amides is 2. The van der Waals surface area contributed by atoms with Crippen molar-refractivity contribution in [1.29, 1.82) is 0 Å². The van der Waals surface area contributed by atoms with Crippen molar-refractivity contribution in [2.75, 3.05) is 5.32 Å². The molecule has 8 rings (SSSR count). The second kappa shape index (κ2) is 12.2. The Bertz CT molecular complexity index is 2090. The molecule has 3 atom stereocenters. The fourth-order valence-electron chi connectivity index (χ4n) is 7.60. The van der Waals surface area contributed by atoms with Crippen molar-refractivity contribution >= 4 is 21.6 Å². The highest BCUT2D eigenvalue weighted by molar-refractivity contribution is 7.92. The van der Waals surface area contributed by atoms with E-state index in [0.717, 1.165) is 23.1 Å². The summed E-state index contributed by atoms with van der Waals surface area (Å²) in [5.41, 5.74) is 3.30. The van der Waals surface area contributed by atoms with Gasteiger partial charge in [-0.25, -0.2) is 27.2 Å². The molecule has 0 saturated carbocycles. The van der Waals surface area contributed by atoms with Crippen LogP contribution in [0.1, 0.15) is 52.3 Å². The van der Waals surface area contributed by atoms with Gasteiger partial charge in [0.15, 0.2) is 9.92 Å². The van der Waals surface area contributed by atoms with Crippen molar-refractivity contribution in [3.8, 4) is 5.88 Å². The Morgan fingerprint density at radius 3 is 2.08 bits per heavy atom. The number of benzene rings is 4. The van der Waals surface area contributed by atoms with Crippen molar-refractivity contribution in [3.05, 3.63) is 142 Å². The quantitative estimate of drug-likeness (QED) is 0.177. The third kappa shape index (κ3) is 5.32. The molecule has 250 valence electrons. The van der Waals surface area contributed by atoms with E-state index in [4.69, 9.17) is 4.74 Å². The topological polar surface area (TPSA) is 97.6 Å². The van der Waals surface area contributed by atoms with Crippen LogP contribution in [0.4, 0.5) is 19.3 Å². The summed E-state index contributed by atoms with van der Waals surface area (Å²) >= 11 is 0. The molecule has 2 amide bonds. The van der Waals surface area contributed by atoms with Crippen molar-refractivity contribution in [3.63, 3.8) is 0 Å². The van der Waals surface area contributed by atoms with E-state index in [1.54, 1.807) is 4.68 Å². The van der Waals surface area contributed by atoms with Gasteiger partial charge in [-0.15, -0.1) is 4.36 Å². The van der Waals surface area contributed by atoms with Crippen LogP contribution in [0.25, 0.3) is 0 Å². The number of nitrogens with one attached hydrogen (secondary N) is 2. The van der Waals surface area contributed by atoms with E-state index in [-0.39, 0.29) is 35.5 Å². The number of nitrogens with zero attached hydrogens (tertiary/aromatic N) is 3. The number of anilines is 1. The molecule has 0 radical (unpaired) electrons. The average molecular weight is 680 g/mol. The minimum atomic E-state index is -3.94. The summed E-state index contributed by atoms with van der Waals surface area (Å²) < 4.78 is 61.6. The number of rotatable bonds is 7. The Balaban J connectivity index is 1.33. The molecular weight excluding hydrogens is 645 g/mol. The van der Waals surface area contributed by atoms with E-state index in [1.807, 2.05) is 97.9 Å². The molecule has 0 bridgehead atoms. The lowest BCUT2D eigenvalue weighted by atomic mass is 9.78.